The number of carbonyl (C=O) groups is 3. The summed E-state index contributed by atoms with van der Waals surface area (Å²) in [5.41, 5.74) is 2.57. The molecule has 9 nitrogen and oxygen atoms in total. The molecule has 0 unspecified atom stereocenters. The van der Waals surface area contributed by atoms with Crippen molar-refractivity contribution in [3.63, 3.8) is 0 Å². The third-order valence-corrected chi connectivity index (χ3v) is 5.82. The number of rotatable bonds is 6. The number of H-pyrrole nitrogens is 1. The number of likely N-dealkylation sites (tertiary alicyclic amines) is 1. The zero-order chi connectivity index (χ0) is 26.9. The monoisotopic (exact) mass is 499 g/mol. The molecular formula is C27H41N5O4. The van der Waals surface area contributed by atoms with Gasteiger partial charge in [-0.2, -0.15) is 5.10 Å². The molecule has 0 saturated carbocycles. The third kappa shape index (κ3) is 7.57. The predicted octanol–water partition coefficient (Wildman–Crippen LogP) is 4.94. The number of ether oxygens (including phenoxy) is 1. The maximum absolute atomic E-state index is 13.1. The van der Waals surface area contributed by atoms with E-state index in [1.165, 1.54) is 6.20 Å². The Balaban J connectivity index is 0.00000222. The molecule has 3 amide bonds. The molecule has 0 bridgehead atoms. The van der Waals surface area contributed by atoms with Crippen LogP contribution in [-0.2, 0) is 17.6 Å². The second-order valence-electron chi connectivity index (χ2n) is 9.49. The summed E-state index contributed by atoms with van der Waals surface area (Å²) in [6, 6.07) is 5.76. The summed E-state index contributed by atoms with van der Waals surface area (Å²) in [7, 11) is 0. The van der Waals surface area contributed by atoms with E-state index in [0.717, 1.165) is 24.0 Å². The summed E-state index contributed by atoms with van der Waals surface area (Å²) >= 11 is 0. The maximum atomic E-state index is 13.1. The number of aryl methyl sites for hydroxylation is 2. The van der Waals surface area contributed by atoms with E-state index in [4.69, 9.17) is 4.74 Å². The number of anilines is 1. The zero-order valence-corrected chi connectivity index (χ0v) is 22.7. The van der Waals surface area contributed by atoms with Crippen molar-refractivity contribution in [2.75, 3.05) is 18.4 Å². The van der Waals surface area contributed by atoms with Gasteiger partial charge in [0.05, 0.1) is 11.9 Å². The Kier molecular flexibility index (Phi) is 10.5. The van der Waals surface area contributed by atoms with Gasteiger partial charge in [-0.05, 0) is 57.6 Å². The Morgan fingerprint density at radius 3 is 2.17 bits per heavy atom. The minimum Gasteiger partial charge on any atom is -0.444 e. The summed E-state index contributed by atoms with van der Waals surface area (Å²) in [6.07, 6.45) is 3.80. The minimum atomic E-state index is -0.543. The first kappa shape index (κ1) is 28.9. The topological polar surface area (TPSA) is 116 Å². The number of hydrogen-bond donors (Lipinski definition) is 3. The molecule has 0 atom stereocenters. The normalized spacial score (nSPS) is 13.9. The standard InChI is InChI=1S/C25H35N5O4.C2H6/c1-6-16-9-8-10-17(7-2)20(16)22(31)28-19-15-26-29-21(19)23(32)27-18-11-13-30(14-12-18)24(33)34-25(3,4)5;1-2/h8-10,15,18H,6-7,11-14H2,1-5H3,(H,26,29)(H,27,32)(H,28,31);1-2H3. The van der Waals surface area contributed by atoms with Gasteiger partial charge in [-0.1, -0.05) is 45.9 Å². The molecule has 1 aliphatic rings. The van der Waals surface area contributed by atoms with Crippen molar-refractivity contribution in [1.29, 1.82) is 0 Å². The van der Waals surface area contributed by atoms with Crippen molar-refractivity contribution in [1.82, 2.24) is 20.4 Å². The van der Waals surface area contributed by atoms with E-state index in [-0.39, 0.29) is 29.6 Å². The van der Waals surface area contributed by atoms with Crippen molar-refractivity contribution in [3.8, 4) is 0 Å². The van der Waals surface area contributed by atoms with Crippen LogP contribution in [0.5, 0.6) is 0 Å². The van der Waals surface area contributed by atoms with E-state index < -0.39 is 5.60 Å². The first-order valence-electron chi connectivity index (χ1n) is 12.9. The highest BCUT2D eigenvalue weighted by Crippen LogP contribution is 2.21. The Labute approximate surface area is 214 Å². The fourth-order valence-electron chi connectivity index (χ4n) is 4.06. The van der Waals surface area contributed by atoms with Gasteiger partial charge in [-0.25, -0.2) is 4.79 Å². The predicted molar refractivity (Wildman–Crippen MR) is 141 cm³/mol. The van der Waals surface area contributed by atoms with E-state index in [0.29, 0.717) is 37.2 Å². The molecule has 0 spiro atoms. The number of aromatic nitrogens is 2. The van der Waals surface area contributed by atoms with Crippen LogP contribution in [0.4, 0.5) is 10.5 Å². The molecule has 3 N–H and O–H groups in total. The fourth-order valence-corrected chi connectivity index (χ4v) is 4.06. The van der Waals surface area contributed by atoms with Crippen LogP contribution in [0, 0.1) is 0 Å². The first-order chi connectivity index (χ1) is 17.1. The molecule has 36 heavy (non-hydrogen) atoms. The van der Waals surface area contributed by atoms with Crippen molar-refractivity contribution < 1.29 is 19.1 Å². The van der Waals surface area contributed by atoms with Crippen molar-refractivity contribution in [2.24, 2.45) is 0 Å². The Bertz CT molecular complexity index is 1010. The summed E-state index contributed by atoms with van der Waals surface area (Å²) < 4.78 is 5.42. The molecule has 3 rings (SSSR count). The third-order valence-electron chi connectivity index (χ3n) is 5.82. The Hall–Kier alpha value is -3.36. The van der Waals surface area contributed by atoms with Crippen molar-refractivity contribution in [2.45, 2.75) is 85.8 Å². The van der Waals surface area contributed by atoms with Crippen LogP contribution in [0.2, 0.25) is 0 Å². The number of aromatic amines is 1. The van der Waals surface area contributed by atoms with E-state index in [1.54, 1.807) is 4.90 Å². The molecule has 2 heterocycles. The highest BCUT2D eigenvalue weighted by Gasteiger charge is 2.28. The van der Waals surface area contributed by atoms with Gasteiger partial charge in [-0.15, -0.1) is 0 Å². The number of nitrogens with one attached hydrogen (secondary N) is 3. The lowest BCUT2D eigenvalue weighted by molar-refractivity contribution is 0.0199. The average molecular weight is 500 g/mol. The molecule has 9 heteroatoms. The van der Waals surface area contributed by atoms with E-state index >= 15 is 0 Å². The van der Waals surface area contributed by atoms with Crippen molar-refractivity contribution in [3.05, 3.63) is 46.8 Å². The fraction of sp³-hybridized carbons (Fsp3) is 0.556. The quantitative estimate of drug-likeness (QED) is 0.520. The number of piperidine rings is 1. The second kappa shape index (κ2) is 13.1. The van der Waals surface area contributed by atoms with Crippen LogP contribution in [0.1, 0.15) is 93.3 Å². The molecule has 198 valence electrons. The average Bonchev–Trinajstić information content (AvgIpc) is 3.32. The van der Waals surface area contributed by atoms with Crippen LogP contribution < -0.4 is 10.6 Å². The van der Waals surface area contributed by atoms with E-state index in [9.17, 15) is 14.4 Å². The number of amides is 3. The second-order valence-corrected chi connectivity index (χ2v) is 9.49. The molecule has 1 aromatic heterocycles. The van der Waals surface area contributed by atoms with Gasteiger partial charge in [0.1, 0.15) is 11.3 Å². The Morgan fingerprint density at radius 1 is 1.06 bits per heavy atom. The molecular weight excluding hydrogens is 458 g/mol. The van der Waals surface area contributed by atoms with Gasteiger partial charge in [0.25, 0.3) is 11.8 Å². The Morgan fingerprint density at radius 2 is 1.64 bits per heavy atom. The van der Waals surface area contributed by atoms with E-state index in [2.05, 4.69) is 20.8 Å². The minimum absolute atomic E-state index is 0.0921. The van der Waals surface area contributed by atoms with Crippen LogP contribution in [-0.4, -0.2) is 57.7 Å². The molecule has 0 aliphatic carbocycles. The maximum Gasteiger partial charge on any atom is 0.410 e. The van der Waals surface area contributed by atoms with Gasteiger partial charge in [0.15, 0.2) is 0 Å². The van der Waals surface area contributed by atoms with Crippen LogP contribution in [0.25, 0.3) is 0 Å². The largest absolute Gasteiger partial charge is 0.444 e. The number of benzene rings is 1. The zero-order valence-electron chi connectivity index (χ0n) is 22.7. The van der Waals surface area contributed by atoms with Gasteiger partial charge >= 0.3 is 6.09 Å². The summed E-state index contributed by atoms with van der Waals surface area (Å²) in [5, 5.41) is 12.5. The lowest BCUT2D eigenvalue weighted by Crippen LogP contribution is -2.47. The van der Waals surface area contributed by atoms with Crippen molar-refractivity contribution >= 4 is 23.6 Å². The van der Waals surface area contributed by atoms with Crippen LogP contribution in [0.3, 0.4) is 0 Å². The smallest absolute Gasteiger partial charge is 0.410 e. The molecule has 0 radical (unpaired) electrons. The summed E-state index contributed by atoms with van der Waals surface area (Å²) in [5.74, 6) is -0.599. The lowest BCUT2D eigenvalue weighted by atomic mass is 9.97. The van der Waals surface area contributed by atoms with Gasteiger partial charge in [0, 0.05) is 24.7 Å². The molecule has 1 saturated heterocycles. The van der Waals surface area contributed by atoms with Crippen LogP contribution in [0.15, 0.2) is 24.4 Å². The summed E-state index contributed by atoms with van der Waals surface area (Å²) in [4.78, 5) is 39.9. The van der Waals surface area contributed by atoms with Crippen LogP contribution >= 0.6 is 0 Å². The molecule has 1 aromatic carbocycles. The highest BCUT2D eigenvalue weighted by atomic mass is 16.6. The molecule has 1 fully saturated rings. The highest BCUT2D eigenvalue weighted by molar-refractivity contribution is 6.09. The number of nitrogens with zero attached hydrogens (tertiary/aromatic N) is 2. The molecule has 2 aromatic rings. The summed E-state index contributed by atoms with van der Waals surface area (Å²) in [6.45, 7) is 14.5. The van der Waals surface area contributed by atoms with Gasteiger partial charge in [0.2, 0.25) is 0 Å². The van der Waals surface area contributed by atoms with E-state index in [1.807, 2.05) is 66.7 Å². The van der Waals surface area contributed by atoms with Gasteiger partial charge in [-0.3, -0.25) is 14.7 Å². The number of carbonyl (C=O) groups excluding carboxylic acids is 3. The number of hydrogen-bond acceptors (Lipinski definition) is 5. The SMILES string of the molecule is CC.CCc1cccc(CC)c1C(=O)Nc1cn[nH]c1C(=O)NC1CCN(C(=O)OC(C)(C)C)CC1. The van der Waals surface area contributed by atoms with Gasteiger partial charge < -0.3 is 20.3 Å². The lowest BCUT2D eigenvalue weighted by Gasteiger charge is -2.33. The first-order valence-corrected chi connectivity index (χ1v) is 12.9. The molecule has 1 aliphatic heterocycles.